The number of halogens is 1. The molecule has 0 aromatic heterocycles. The summed E-state index contributed by atoms with van der Waals surface area (Å²) >= 11 is 0. The molecular weight excluding hydrogens is 265 g/mol. The number of hydrogen-bond donors (Lipinski definition) is 1. The zero-order valence-corrected chi connectivity index (χ0v) is 12.9. The molecule has 1 aliphatic rings. The minimum absolute atomic E-state index is 0.301. The predicted octanol–water partition coefficient (Wildman–Crippen LogP) is 4.23. The second kappa shape index (κ2) is 6.15. The van der Waals surface area contributed by atoms with E-state index >= 15 is 0 Å². The van der Waals surface area contributed by atoms with E-state index in [1.54, 1.807) is 13.0 Å². The minimum atomic E-state index is -1.14. The van der Waals surface area contributed by atoms with Gasteiger partial charge in [0.1, 0.15) is 5.82 Å². The Morgan fingerprint density at radius 2 is 2.29 bits per heavy atom. The first kappa shape index (κ1) is 16.0. The molecule has 1 saturated carbocycles. The van der Waals surface area contributed by atoms with Crippen molar-refractivity contribution in [2.45, 2.75) is 58.0 Å². The maximum Gasteiger partial charge on any atom is 0.123 e. The van der Waals surface area contributed by atoms with Crippen molar-refractivity contribution < 1.29 is 9.50 Å². The number of hydrogen-bond acceptors (Lipinski definition) is 2. The zero-order valence-electron chi connectivity index (χ0n) is 12.9. The third-order valence-electron chi connectivity index (χ3n) is 5.11. The third kappa shape index (κ3) is 3.27. The molecule has 2 rings (SSSR count). The van der Waals surface area contributed by atoms with E-state index in [9.17, 15) is 14.8 Å². The number of nitriles is 1. The van der Waals surface area contributed by atoms with Gasteiger partial charge in [-0.15, -0.1) is 0 Å². The van der Waals surface area contributed by atoms with Gasteiger partial charge in [-0.3, -0.25) is 0 Å². The van der Waals surface area contributed by atoms with Crippen LogP contribution in [-0.2, 0) is 6.42 Å². The van der Waals surface area contributed by atoms with Gasteiger partial charge in [0.15, 0.2) is 0 Å². The lowest BCUT2D eigenvalue weighted by molar-refractivity contribution is -0.0673. The van der Waals surface area contributed by atoms with E-state index < -0.39 is 11.0 Å². The van der Waals surface area contributed by atoms with Crippen LogP contribution >= 0.6 is 0 Å². The number of aliphatic hydroxyl groups is 1. The quantitative estimate of drug-likeness (QED) is 0.901. The summed E-state index contributed by atoms with van der Waals surface area (Å²) in [4.78, 5) is 0. The topological polar surface area (TPSA) is 44.0 Å². The molecule has 0 saturated heterocycles. The number of benzene rings is 1. The average Bonchev–Trinajstić information content (AvgIpc) is 2.46. The molecule has 0 radical (unpaired) electrons. The van der Waals surface area contributed by atoms with Crippen LogP contribution in [0.2, 0.25) is 0 Å². The van der Waals surface area contributed by atoms with E-state index in [0.29, 0.717) is 12.3 Å². The van der Waals surface area contributed by atoms with Crippen molar-refractivity contribution in [3.8, 4) is 6.07 Å². The second-order valence-electron chi connectivity index (χ2n) is 6.65. The van der Waals surface area contributed by atoms with E-state index in [2.05, 4.69) is 13.0 Å². The molecule has 1 aromatic rings. The maximum atomic E-state index is 13.3. The van der Waals surface area contributed by atoms with Crippen LogP contribution in [0, 0.1) is 28.5 Å². The van der Waals surface area contributed by atoms with E-state index in [0.717, 1.165) is 37.7 Å². The molecule has 3 unspecified atom stereocenters. The molecule has 21 heavy (non-hydrogen) atoms. The van der Waals surface area contributed by atoms with Gasteiger partial charge in [0.05, 0.1) is 17.1 Å². The molecule has 0 amide bonds. The van der Waals surface area contributed by atoms with Crippen molar-refractivity contribution >= 4 is 0 Å². The number of rotatable bonds is 4. The minimum Gasteiger partial charge on any atom is -0.388 e. The fourth-order valence-electron chi connectivity index (χ4n) is 3.66. The monoisotopic (exact) mass is 289 g/mol. The number of nitrogens with zero attached hydrogens (tertiary/aromatic N) is 1. The van der Waals surface area contributed by atoms with Gasteiger partial charge < -0.3 is 5.11 Å². The Labute approximate surface area is 126 Å². The Bertz CT molecular complexity index is 534. The molecular formula is C18H24FNO. The normalized spacial score (nSPS) is 28.6. The van der Waals surface area contributed by atoms with Crippen LogP contribution in [0.4, 0.5) is 4.39 Å². The summed E-state index contributed by atoms with van der Waals surface area (Å²) in [5, 5.41) is 20.7. The van der Waals surface area contributed by atoms with E-state index in [-0.39, 0.29) is 5.82 Å². The van der Waals surface area contributed by atoms with Gasteiger partial charge in [-0.1, -0.05) is 38.3 Å². The summed E-state index contributed by atoms with van der Waals surface area (Å²) < 4.78 is 13.3. The molecule has 0 spiro atoms. The predicted molar refractivity (Wildman–Crippen MR) is 81.0 cm³/mol. The summed E-state index contributed by atoms with van der Waals surface area (Å²) in [7, 11) is 0. The summed E-state index contributed by atoms with van der Waals surface area (Å²) in [6, 6.07) is 8.71. The molecule has 1 N–H and O–H groups in total. The molecule has 114 valence electrons. The fraction of sp³-hybridized carbons (Fsp3) is 0.611. The lowest BCUT2D eigenvalue weighted by Crippen LogP contribution is -2.49. The highest BCUT2D eigenvalue weighted by Crippen LogP contribution is 2.48. The van der Waals surface area contributed by atoms with Gasteiger partial charge in [-0.2, -0.15) is 5.26 Å². The molecule has 1 aliphatic carbocycles. The summed E-state index contributed by atoms with van der Waals surface area (Å²) in [5.74, 6) is 0.196. The average molecular weight is 289 g/mol. The van der Waals surface area contributed by atoms with Crippen molar-refractivity contribution in [1.82, 2.24) is 0 Å². The van der Waals surface area contributed by atoms with Gasteiger partial charge in [-0.05, 0) is 43.4 Å². The van der Waals surface area contributed by atoms with Crippen LogP contribution in [0.5, 0.6) is 0 Å². The largest absolute Gasteiger partial charge is 0.388 e. The summed E-state index contributed by atoms with van der Waals surface area (Å²) in [6.45, 7) is 3.87. The van der Waals surface area contributed by atoms with Gasteiger partial charge in [0.2, 0.25) is 0 Å². The molecule has 0 aliphatic heterocycles. The lowest BCUT2D eigenvalue weighted by atomic mass is 9.60. The lowest BCUT2D eigenvalue weighted by Gasteiger charge is -2.45. The van der Waals surface area contributed by atoms with Crippen LogP contribution < -0.4 is 0 Å². The van der Waals surface area contributed by atoms with Crippen LogP contribution in [0.1, 0.15) is 51.5 Å². The van der Waals surface area contributed by atoms with Crippen LogP contribution in [-0.4, -0.2) is 10.7 Å². The molecule has 2 nitrogen and oxygen atoms in total. The van der Waals surface area contributed by atoms with Crippen molar-refractivity contribution in [2.24, 2.45) is 11.3 Å². The van der Waals surface area contributed by atoms with Gasteiger partial charge >= 0.3 is 0 Å². The SMILES string of the molecule is CCC1CCCC(C#N)(C(C)(O)Cc2cccc(F)c2)C1. The molecule has 1 fully saturated rings. The highest BCUT2D eigenvalue weighted by molar-refractivity contribution is 5.22. The first-order chi connectivity index (χ1) is 9.92. The zero-order chi connectivity index (χ0) is 15.5. The Balaban J connectivity index is 2.25. The first-order valence-electron chi connectivity index (χ1n) is 7.80. The molecule has 3 atom stereocenters. The second-order valence-corrected chi connectivity index (χ2v) is 6.65. The van der Waals surface area contributed by atoms with Crippen molar-refractivity contribution in [3.05, 3.63) is 35.6 Å². The maximum absolute atomic E-state index is 13.3. The van der Waals surface area contributed by atoms with Crippen molar-refractivity contribution in [3.63, 3.8) is 0 Å². The van der Waals surface area contributed by atoms with E-state index in [4.69, 9.17) is 0 Å². The molecule has 0 bridgehead atoms. The highest BCUT2D eigenvalue weighted by atomic mass is 19.1. The highest BCUT2D eigenvalue weighted by Gasteiger charge is 2.49. The van der Waals surface area contributed by atoms with Crippen molar-refractivity contribution in [2.75, 3.05) is 0 Å². The van der Waals surface area contributed by atoms with Crippen LogP contribution in [0.25, 0.3) is 0 Å². The summed E-state index contributed by atoms with van der Waals surface area (Å²) in [5.41, 5.74) is -1.12. The Hall–Kier alpha value is -1.40. The van der Waals surface area contributed by atoms with Crippen LogP contribution in [0.3, 0.4) is 0 Å². The Morgan fingerprint density at radius 1 is 1.52 bits per heavy atom. The van der Waals surface area contributed by atoms with Crippen LogP contribution in [0.15, 0.2) is 24.3 Å². The Morgan fingerprint density at radius 3 is 2.90 bits per heavy atom. The molecule has 3 heteroatoms. The Kier molecular flexibility index (Phi) is 4.68. The molecule has 1 aromatic carbocycles. The standard InChI is InChI=1S/C18H24FNO/c1-3-14-7-5-9-18(12-14,13-20)17(2,21)11-15-6-4-8-16(19)10-15/h4,6,8,10,14,21H,3,5,7,9,11-12H2,1-2H3. The first-order valence-corrected chi connectivity index (χ1v) is 7.80. The van der Waals surface area contributed by atoms with Gasteiger partial charge in [-0.25, -0.2) is 4.39 Å². The fourth-order valence-corrected chi connectivity index (χ4v) is 3.66. The summed E-state index contributed by atoms with van der Waals surface area (Å²) in [6.07, 6.45) is 4.93. The van der Waals surface area contributed by atoms with E-state index in [1.165, 1.54) is 12.1 Å². The van der Waals surface area contributed by atoms with Gasteiger partial charge in [0, 0.05) is 6.42 Å². The van der Waals surface area contributed by atoms with E-state index in [1.807, 2.05) is 6.07 Å². The third-order valence-corrected chi connectivity index (χ3v) is 5.11. The molecule has 0 heterocycles. The van der Waals surface area contributed by atoms with Gasteiger partial charge in [0.25, 0.3) is 0 Å². The smallest absolute Gasteiger partial charge is 0.123 e. The van der Waals surface area contributed by atoms with Crippen molar-refractivity contribution in [1.29, 1.82) is 5.26 Å².